The van der Waals surface area contributed by atoms with E-state index in [4.69, 9.17) is 5.73 Å². The maximum Gasteiger partial charge on any atom is 0.304 e. The second-order valence-corrected chi connectivity index (χ2v) is 9.71. The smallest absolute Gasteiger partial charge is 0.304 e. The van der Waals surface area contributed by atoms with Gasteiger partial charge < -0.3 is 5.73 Å². The number of ketones is 1. The maximum absolute atomic E-state index is 13.7. The minimum atomic E-state index is -3.79. The van der Waals surface area contributed by atoms with Crippen molar-refractivity contribution in [3.63, 3.8) is 0 Å². The number of Topliss-reactive ketones (excluding diaryl/α,β-unsaturated/α-hetero) is 1. The molecule has 0 unspecified atom stereocenters. The minimum Gasteiger partial charge on any atom is -0.324 e. The number of carbonyl (C=O) groups excluding carboxylic acids is 1. The lowest BCUT2D eigenvalue weighted by Crippen LogP contribution is -2.60. The van der Waals surface area contributed by atoms with Crippen LogP contribution in [0.4, 0.5) is 5.69 Å². The van der Waals surface area contributed by atoms with Crippen LogP contribution in [0.15, 0.2) is 48.7 Å². The molecular formula is C22H31N5O3S. The number of hydrogen-bond acceptors (Lipinski definition) is 6. The Balaban J connectivity index is 1.91. The third-order valence-electron chi connectivity index (χ3n) is 5.72. The average molecular weight is 446 g/mol. The summed E-state index contributed by atoms with van der Waals surface area (Å²) in [4.78, 5) is 18.4. The van der Waals surface area contributed by atoms with Crippen molar-refractivity contribution < 1.29 is 13.2 Å². The molecule has 0 amide bonds. The summed E-state index contributed by atoms with van der Waals surface area (Å²) in [5.41, 5.74) is 6.95. The van der Waals surface area contributed by atoms with Crippen LogP contribution in [0.1, 0.15) is 36.8 Å². The lowest BCUT2D eigenvalue weighted by molar-refractivity contribution is 0.0827. The van der Waals surface area contributed by atoms with Crippen LogP contribution in [0.3, 0.4) is 0 Å². The second-order valence-electron chi connectivity index (χ2n) is 7.86. The Morgan fingerprint density at radius 2 is 1.77 bits per heavy atom. The summed E-state index contributed by atoms with van der Waals surface area (Å²) >= 11 is 0. The normalized spacial score (nSPS) is 20.5. The van der Waals surface area contributed by atoms with Crippen molar-refractivity contribution >= 4 is 21.7 Å². The standard InChI is InChI=1S/C22H31N5O3S/c1-4-26-17(2)14-25(15-18(26)3)31(29,30)27(21-8-6-5-7-9-21)16-20-11-10-19(13-24-20)22(28)12-23/h5-11,13,17-18H,4,12,14-16,23H2,1-3H3/t17-,18+. The van der Waals surface area contributed by atoms with Crippen molar-refractivity contribution in [3.8, 4) is 0 Å². The van der Waals surface area contributed by atoms with E-state index in [1.165, 1.54) is 10.5 Å². The topological polar surface area (TPSA) is 99.8 Å². The highest BCUT2D eigenvalue weighted by molar-refractivity contribution is 7.90. The van der Waals surface area contributed by atoms with Gasteiger partial charge in [-0.2, -0.15) is 12.7 Å². The third kappa shape index (κ3) is 5.12. The molecule has 2 N–H and O–H groups in total. The molecule has 1 aliphatic heterocycles. The van der Waals surface area contributed by atoms with Gasteiger partial charge in [0.1, 0.15) is 0 Å². The number of pyridine rings is 1. The summed E-state index contributed by atoms with van der Waals surface area (Å²) < 4.78 is 30.4. The molecule has 2 atom stereocenters. The van der Waals surface area contributed by atoms with Crippen LogP contribution in [-0.2, 0) is 16.8 Å². The fraction of sp³-hybridized carbons (Fsp3) is 0.455. The Morgan fingerprint density at radius 3 is 2.29 bits per heavy atom. The lowest BCUT2D eigenvalue weighted by Gasteiger charge is -2.44. The van der Waals surface area contributed by atoms with Gasteiger partial charge in [-0.25, -0.2) is 0 Å². The molecule has 1 saturated heterocycles. The van der Waals surface area contributed by atoms with Crippen molar-refractivity contribution in [1.29, 1.82) is 0 Å². The van der Waals surface area contributed by atoms with E-state index in [-0.39, 0.29) is 31.0 Å². The molecule has 0 aliphatic carbocycles. The summed E-state index contributed by atoms with van der Waals surface area (Å²) in [6.07, 6.45) is 1.45. The van der Waals surface area contributed by atoms with Crippen molar-refractivity contribution in [2.24, 2.45) is 5.73 Å². The minimum absolute atomic E-state index is 0.0696. The van der Waals surface area contributed by atoms with Crippen molar-refractivity contribution in [3.05, 3.63) is 59.9 Å². The van der Waals surface area contributed by atoms with Crippen molar-refractivity contribution in [2.45, 2.75) is 39.4 Å². The number of likely N-dealkylation sites (N-methyl/N-ethyl adjacent to an activating group) is 1. The molecule has 1 aliphatic rings. The third-order valence-corrected chi connectivity index (χ3v) is 7.57. The van der Waals surface area contributed by atoms with Gasteiger partial charge in [0, 0.05) is 36.9 Å². The Bertz CT molecular complexity index is 970. The van der Waals surface area contributed by atoms with Gasteiger partial charge >= 0.3 is 10.2 Å². The fourth-order valence-electron chi connectivity index (χ4n) is 4.11. The van der Waals surface area contributed by atoms with E-state index in [1.807, 2.05) is 18.2 Å². The molecule has 2 heterocycles. The molecule has 9 heteroatoms. The van der Waals surface area contributed by atoms with Crippen LogP contribution in [0.2, 0.25) is 0 Å². The predicted molar refractivity (Wildman–Crippen MR) is 122 cm³/mol. The molecule has 0 radical (unpaired) electrons. The van der Waals surface area contributed by atoms with E-state index in [0.717, 1.165) is 6.54 Å². The van der Waals surface area contributed by atoms with E-state index in [0.29, 0.717) is 30.0 Å². The second kappa shape index (κ2) is 9.86. The molecule has 0 saturated carbocycles. The van der Waals surface area contributed by atoms with Crippen LogP contribution in [0.25, 0.3) is 0 Å². The van der Waals surface area contributed by atoms with Crippen LogP contribution in [-0.4, -0.2) is 66.7 Å². The Kier molecular flexibility index (Phi) is 7.42. The first kappa shape index (κ1) is 23.3. The van der Waals surface area contributed by atoms with Crippen molar-refractivity contribution in [1.82, 2.24) is 14.2 Å². The van der Waals surface area contributed by atoms with Crippen LogP contribution < -0.4 is 10.0 Å². The Hall–Kier alpha value is -2.33. The summed E-state index contributed by atoms with van der Waals surface area (Å²) in [6, 6.07) is 12.6. The number of nitrogens with zero attached hydrogens (tertiary/aromatic N) is 4. The first-order valence-electron chi connectivity index (χ1n) is 10.5. The fourth-order valence-corrected chi connectivity index (χ4v) is 5.88. The average Bonchev–Trinajstić information content (AvgIpc) is 2.77. The van der Waals surface area contributed by atoms with E-state index < -0.39 is 10.2 Å². The van der Waals surface area contributed by atoms with E-state index >= 15 is 0 Å². The molecule has 8 nitrogen and oxygen atoms in total. The van der Waals surface area contributed by atoms with Crippen LogP contribution in [0, 0.1) is 0 Å². The Labute approximate surface area is 184 Å². The molecule has 1 aromatic heterocycles. The highest BCUT2D eigenvalue weighted by Gasteiger charge is 2.38. The number of carbonyl (C=O) groups is 1. The van der Waals surface area contributed by atoms with Gasteiger partial charge in [-0.3, -0.25) is 19.0 Å². The SMILES string of the molecule is CCN1[C@H](C)CN(S(=O)(=O)N(Cc2ccc(C(=O)CN)cn2)c2ccccc2)C[C@@H]1C. The van der Waals surface area contributed by atoms with E-state index in [2.05, 4.69) is 30.7 Å². The largest absolute Gasteiger partial charge is 0.324 e. The highest BCUT2D eigenvalue weighted by Crippen LogP contribution is 2.26. The first-order chi connectivity index (χ1) is 14.8. The molecule has 3 rings (SSSR count). The number of anilines is 1. The zero-order chi connectivity index (χ0) is 22.6. The molecule has 168 valence electrons. The summed E-state index contributed by atoms with van der Waals surface area (Å²) in [6.45, 7) is 7.94. The number of hydrogen-bond donors (Lipinski definition) is 1. The highest BCUT2D eigenvalue weighted by atomic mass is 32.2. The first-order valence-corrected chi connectivity index (χ1v) is 11.9. The molecular weight excluding hydrogens is 414 g/mol. The zero-order valence-electron chi connectivity index (χ0n) is 18.3. The maximum atomic E-state index is 13.7. The van der Waals surface area contributed by atoms with Gasteiger partial charge in [0.2, 0.25) is 0 Å². The summed E-state index contributed by atoms with van der Waals surface area (Å²) in [7, 11) is -3.79. The van der Waals surface area contributed by atoms with Crippen LogP contribution >= 0.6 is 0 Å². The summed E-state index contributed by atoms with van der Waals surface area (Å²) in [5, 5.41) is 0. The molecule has 31 heavy (non-hydrogen) atoms. The lowest BCUT2D eigenvalue weighted by atomic mass is 10.1. The summed E-state index contributed by atoms with van der Waals surface area (Å²) in [5.74, 6) is -0.205. The van der Waals surface area contributed by atoms with Crippen LogP contribution in [0.5, 0.6) is 0 Å². The van der Waals surface area contributed by atoms with Gasteiger partial charge in [0.15, 0.2) is 5.78 Å². The van der Waals surface area contributed by atoms with Gasteiger partial charge in [-0.1, -0.05) is 25.1 Å². The molecule has 0 bridgehead atoms. The van der Waals surface area contributed by atoms with E-state index in [9.17, 15) is 13.2 Å². The van der Waals surface area contributed by atoms with Gasteiger partial charge in [-0.15, -0.1) is 0 Å². The molecule has 0 spiro atoms. The predicted octanol–water partition coefficient (Wildman–Crippen LogP) is 1.89. The number of aromatic nitrogens is 1. The molecule has 2 aromatic rings. The Morgan fingerprint density at radius 1 is 1.13 bits per heavy atom. The zero-order valence-corrected chi connectivity index (χ0v) is 19.1. The molecule has 1 aromatic carbocycles. The number of nitrogens with two attached hydrogens (primary N) is 1. The number of para-hydroxylation sites is 1. The van der Waals surface area contributed by atoms with Crippen molar-refractivity contribution in [2.75, 3.05) is 30.5 Å². The molecule has 1 fully saturated rings. The number of piperazine rings is 1. The quantitative estimate of drug-likeness (QED) is 0.623. The van der Waals surface area contributed by atoms with Gasteiger partial charge in [-0.05, 0) is 44.7 Å². The van der Waals surface area contributed by atoms with E-state index in [1.54, 1.807) is 28.6 Å². The number of rotatable bonds is 8. The number of benzene rings is 1. The monoisotopic (exact) mass is 445 g/mol. The van der Waals surface area contributed by atoms with Gasteiger partial charge in [0.25, 0.3) is 0 Å². The van der Waals surface area contributed by atoms with Gasteiger partial charge in [0.05, 0.1) is 24.5 Å².